The molecule has 0 saturated carbocycles. The number of nitrogens with one attached hydrogen (secondary N) is 1. The summed E-state index contributed by atoms with van der Waals surface area (Å²) in [4.78, 5) is 0. The summed E-state index contributed by atoms with van der Waals surface area (Å²) in [7, 11) is 0. The maximum atomic E-state index is 4.79. The van der Waals surface area contributed by atoms with Crippen LogP contribution in [0, 0.1) is 11.3 Å². The van der Waals surface area contributed by atoms with E-state index in [-0.39, 0.29) is 0 Å². The fourth-order valence-electron chi connectivity index (χ4n) is 2.55. The molecule has 0 saturated heterocycles. The summed E-state index contributed by atoms with van der Waals surface area (Å²) in [6.45, 7) is 12.4. The van der Waals surface area contributed by atoms with Gasteiger partial charge in [-0.15, -0.1) is 0 Å². The lowest BCUT2D eigenvalue weighted by Gasteiger charge is -2.28. The average Bonchev–Trinajstić information content (AvgIpc) is 2.55. The molecule has 1 unspecified atom stereocenters. The standard InChI is InChI=1S/C14H25N3/c1-10(2)12-6-7-15-13-8-11(16-17(12)13)9-14(3,4)5/h8,10,12,15H,6-7,9H2,1-5H3. The van der Waals surface area contributed by atoms with Crippen molar-refractivity contribution in [3.63, 3.8) is 0 Å². The van der Waals surface area contributed by atoms with E-state index in [1.165, 1.54) is 17.9 Å². The van der Waals surface area contributed by atoms with Crippen LogP contribution in [0.2, 0.25) is 0 Å². The molecule has 1 N–H and O–H groups in total. The molecule has 0 fully saturated rings. The van der Waals surface area contributed by atoms with E-state index >= 15 is 0 Å². The Morgan fingerprint density at radius 1 is 1.47 bits per heavy atom. The summed E-state index contributed by atoms with van der Waals surface area (Å²) in [6, 6.07) is 2.78. The Kier molecular flexibility index (Phi) is 3.19. The Balaban J connectivity index is 2.25. The number of aromatic nitrogens is 2. The van der Waals surface area contributed by atoms with E-state index in [1.54, 1.807) is 0 Å². The summed E-state index contributed by atoms with van der Waals surface area (Å²) in [5.41, 5.74) is 1.52. The molecular weight excluding hydrogens is 210 g/mol. The fraction of sp³-hybridized carbons (Fsp3) is 0.786. The van der Waals surface area contributed by atoms with Crippen molar-refractivity contribution in [3.8, 4) is 0 Å². The minimum Gasteiger partial charge on any atom is -0.370 e. The highest BCUT2D eigenvalue weighted by molar-refractivity contribution is 5.39. The fourth-order valence-corrected chi connectivity index (χ4v) is 2.55. The maximum Gasteiger partial charge on any atom is 0.124 e. The van der Waals surface area contributed by atoms with Crippen molar-refractivity contribution in [1.82, 2.24) is 9.78 Å². The second kappa shape index (κ2) is 4.35. The number of nitrogens with zero attached hydrogens (tertiary/aromatic N) is 2. The number of anilines is 1. The van der Waals surface area contributed by atoms with Crippen LogP contribution in [0.4, 0.5) is 5.82 Å². The molecule has 0 bridgehead atoms. The molecule has 1 aromatic rings. The van der Waals surface area contributed by atoms with E-state index in [2.05, 4.69) is 50.7 Å². The molecule has 0 spiro atoms. The third-order valence-electron chi connectivity index (χ3n) is 3.33. The van der Waals surface area contributed by atoms with Gasteiger partial charge in [0.05, 0.1) is 11.7 Å². The SMILES string of the molecule is CC(C)C1CCNc2cc(CC(C)(C)C)nn21. The zero-order valence-electron chi connectivity index (χ0n) is 11.7. The molecule has 0 aromatic carbocycles. The second-order valence-electron chi connectivity index (χ2n) is 6.73. The number of hydrogen-bond acceptors (Lipinski definition) is 2. The van der Waals surface area contributed by atoms with Crippen LogP contribution in [-0.4, -0.2) is 16.3 Å². The summed E-state index contributed by atoms with van der Waals surface area (Å²) in [5, 5.41) is 8.25. The van der Waals surface area contributed by atoms with E-state index in [4.69, 9.17) is 5.10 Å². The first-order valence-corrected chi connectivity index (χ1v) is 6.69. The van der Waals surface area contributed by atoms with Gasteiger partial charge in [0.15, 0.2) is 0 Å². The molecule has 0 radical (unpaired) electrons. The maximum absolute atomic E-state index is 4.79. The van der Waals surface area contributed by atoms with E-state index < -0.39 is 0 Å². The van der Waals surface area contributed by atoms with Gasteiger partial charge in [0.2, 0.25) is 0 Å². The van der Waals surface area contributed by atoms with Gasteiger partial charge < -0.3 is 5.32 Å². The van der Waals surface area contributed by atoms with Crippen LogP contribution < -0.4 is 5.32 Å². The van der Waals surface area contributed by atoms with Crippen molar-refractivity contribution >= 4 is 5.82 Å². The molecule has 3 nitrogen and oxygen atoms in total. The molecule has 3 heteroatoms. The predicted molar refractivity (Wildman–Crippen MR) is 72.4 cm³/mol. The molecule has 1 atom stereocenters. The summed E-state index contributed by atoms with van der Waals surface area (Å²) >= 11 is 0. The van der Waals surface area contributed by atoms with Gasteiger partial charge in [-0.3, -0.25) is 0 Å². The highest BCUT2D eigenvalue weighted by Crippen LogP contribution is 2.31. The normalized spacial score (nSPS) is 20.2. The predicted octanol–water partition coefficient (Wildman–Crippen LogP) is 3.48. The van der Waals surface area contributed by atoms with Crippen molar-refractivity contribution in [2.24, 2.45) is 11.3 Å². The first kappa shape index (κ1) is 12.5. The monoisotopic (exact) mass is 235 g/mol. The van der Waals surface area contributed by atoms with Crippen LogP contribution in [0.3, 0.4) is 0 Å². The Morgan fingerprint density at radius 3 is 2.76 bits per heavy atom. The zero-order valence-corrected chi connectivity index (χ0v) is 11.7. The third-order valence-corrected chi connectivity index (χ3v) is 3.33. The van der Waals surface area contributed by atoms with Crippen molar-refractivity contribution < 1.29 is 0 Å². The zero-order chi connectivity index (χ0) is 12.6. The number of hydrogen-bond donors (Lipinski definition) is 1. The van der Waals surface area contributed by atoms with Crippen LogP contribution in [0.5, 0.6) is 0 Å². The largest absolute Gasteiger partial charge is 0.370 e. The molecule has 1 aromatic heterocycles. The Labute approximate surface area is 105 Å². The smallest absolute Gasteiger partial charge is 0.124 e. The van der Waals surface area contributed by atoms with Crippen LogP contribution in [-0.2, 0) is 6.42 Å². The summed E-state index contributed by atoms with van der Waals surface area (Å²) in [5.74, 6) is 1.85. The van der Waals surface area contributed by atoms with Gasteiger partial charge in [-0.25, -0.2) is 4.68 Å². The van der Waals surface area contributed by atoms with Gasteiger partial charge >= 0.3 is 0 Å². The lowest BCUT2D eigenvalue weighted by atomic mass is 9.91. The molecule has 1 aliphatic heterocycles. The lowest BCUT2D eigenvalue weighted by Crippen LogP contribution is -2.26. The minimum atomic E-state index is 0.303. The van der Waals surface area contributed by atoms with E-state index in [1.807, 2.05) is 0 Å². The molecule has 96 valence electrons. The summed E-state index contributed by atoms with van der Waals surface area (Å²) < 4.78 is 2.20. The third kappa shape index (κ3) is 2.82. The molecule has 2 heterocycles. The van der Waals surface area contributed by atoms with E-state index in [0.717, 1.165) is 13.0 Å². The van der Waals surface area contributed by atoms with Crippen LogP contribution in [0.15, 0.2) is 6.07 Å². The van der Waals surface area contributed by atoms with Crippen LogP contribution in [0.1, 0.15) is 52.8 Å². The summed E-state index contributed by atoms with van der Waals surface area (Å²) in [6.07, 6.45) is 2.22. The Hall–Kier alpha value is -0.990. The highest BCUT2D eigenvalue weighted by Gasteiger charge is 2.25. The molecule has 17 heavy (non-hydrogen) atoms. The van der Waals surface area contributed by atoms with Gasteiger partial charge in [-0.2, -0.15) is 5.10 Å². The van der Waals surface area contributed by atoms with Gasteiger partial charge in [0, 0.05) is 12.6 Å². The van der Waals surface area contributed by atoms with Gasteiger partial charge in [-0.1, -0.05) is 34.6 Å². The van der Waals surface area contributed by atoms with Crippen molar-refractivity contribution in [2.45, 2.75) is 53.5 Å². The molecule has 0 amide bonds. The van der Waals surface area contributed by atoms with Crippen LogP contribution in [0.25, 0.3) is 0 Å². The molecular formula is C14H25N3. The Morgan fingerprint density at radius 2 is 2.18 bits per heavy atom. The van der Waals surface area contributed by atoms with Gasteiger partial charge in [-0.05, 0) is 24.2 Å². The molecule has 0 aliphatic carbocycles. The van der Waals surface area contributed by atoms with E-state index in [0.29, 0.717) is 17.4 Å². The first-order valence-electron chi connectivity index (χ1n) is 6.69. The van der Waals surface area contributed by atoms with Gasteiger partial charge in [0.1, 0.15) is 5.82 Å². The number of rotatable bonds is 2. The average molecular weight is 235 g/mol. The van der Waals surface area contributed by atoms with E-state index in [9.17, 15) is 0 Å². The highest BCUT2D eigenvalue weighted by atomic mass is 15.4. The number of fused-ring (bicyclic) bond motifs is 1. The van der Waals surface area contributed by atoms with Crippen molar-refractivity contribution in [3.05, 3.63) is 11.8 Å². The van der Waals surface area contributed by atoms with Crippen molar-refractivity contribution in [2.75, 3.05) is 11.9 Å². The van der Waals surface area contributed by atoms with Gasteiger partial charge in [0.25, 0.3) is 0 Å². The topological polar surface area (TPSA) is 29.9 Å². The second-order valence-corrected chi connectivity index (χ2v) is 6.73. The first-order chi connectivity index (χ1) is 7.87. The molecule has 1 aliphatic rings. The Bertz CT molecular complexity index is 385. The minimum absolute atomic E-state index is 0.303. The van der Waals surface area contributed by atoms with Crippen LogP contribution >= 0.6 is 0 Å². The molecule has 2 rings (SSSR count). The quantitative estimate of drug-likeness (QED) is 0.850. The van der Waals surface area contributed by atoms with Crippen molar-refractivity contribution in [1.29, 1.82) is 0 Å². The lowest BCUT2D eigenvalue weighted by molar-refractivity contribution is 0.318.